The Hall–Kier alpha value is -3.03. The number of nitrogens with one attached hydrogen (secondary N) is 2. The Morgan fingerprint density at radius 3 is 3.07 bits per heavy atom. The number of aromatic nitrogens is 3. The fourth-order valence-electron chi connectivity index (χ4n) is 3.59. The summed E-state index contributed by atoms with van der Waals surface area (Å²) in [6, 6.07) is 14.5. The summed E-state index contributed by atoms with van der Waals surface area (Å²) in [4.78, 5) is 11.1. The minimum Gasteiger partial charge on any atom is -0.308 e. The van der Waals surface area contributed by atoms with Crippen molar-refractivity contribution in [3.05, 3.63) is 65.2 Å². The smallest absolute Gasteiger partial charge is 0.267 e. The number of amides is 1. The van der Waals surface area contributed by atoms with Crippen molar-refractivity contribution in [3.8, 4) is 0 Å². The molecule has 0 aliphatic heterocycles. The van der Waals surface area contributed by atoms with Crippen molar-refractivity contribution in [2.24, 2.45) is 0 Å². The Morgan fingerprint density at radius 2 is 2.19 bits per heavy atom. The van der Waals surface area contributed by atoms with Gasteiger partial charge < -0.3 is 5.32 Å². The largest absolute Gasteiger partial charge is 0.308 e. The van der Waals surface area contributed by atoms with Crippen molar-refractivity contribution in [3.63, 3.8) is 0 Å². The first kappa shape index (κ1) is 17.4. The average Bonchev–Trinajstić information content (AvgIpc) is 3.30. The van der Waals surface area contributed by atoms with Crippen LogP contribution in [-0.4, -0.2) is 32.7 Å². The van der Waals surface area contributed by atoms with Gasteiger partial charge in [0.15, 0.2) is 0 Å². The van der Waals surface area contributed by atoms with E-state index < -0.39 is 5.91 Å². The monoisotopic (exact) mass is 363 g/mol. The predicted molar refractivity (Wildman–Crippen MR) is 102 cm³/mol. The molecule has 0 radical (unpaired) electrons. The van der Waals surface area contributed by atoms with Gasteiger partial charge >= 0.3 is 0 Å². The van der Waals surface area contributed by atoms with E-state index in [1.807, 2.05) is 35.0 Å². The molecule has 1 amide bonds. The third-order valence-corrected chi connectivity index (χ3v) is 4.92. The predicted octanol–water partition coefficient (Wildman–Crippen LogP) is 2.23. The van der Waals surface area contributed by atoms with E-state index in [0.29, 0.717) is 6.04 Å². The number of hydroxylamine groups is 1. The summed E-state index contributed by atoms with van der Waals surface area (Å²) in [7, 11) is 0. The van der Waals surface area contributed by atoms with Crippen molar-refractivity contribution in [1.82, 2.24) is 25.8 Å². The van der Waals surface area contributed by atoms with Crippen LogP contribution in [-0.2, 0) is 17.8 Å². The first-order valence-corrected chi connectivity index (χ1v) is 9.01. The molecule has 0 fully saturated rings. The zero-order valence-corrected chi connectivity index (χ0v) is 14.8. The molecule has 1 atom stereocenters. The van der Waals surface area contributed by atoms with Gasteiger partial charge in [0, 0.05) is 18.7 Å². The van der Waals surface area contributed by atoms with Crippen LogP contribution in [0.1, 0.15) is 29.2 Å². The van der Waals surface area contributed by atoms with E-state index in [-0.39, 0.29) is 0 Å². The van der Waals surface area contributed by atoms with Gasteiger partial charge in [0.2, 0.25) is 0 Å². The van der Waals surface area contributed by atoms with Gasteiger partial charge in [-0.2, -0.15) is 0 Å². The summed E-state index contributed by atoms with van der Waals surface area (Å²) >= 11 is 0. The van der Waals surface area contributed by atoms with Crippen LogP contribution in [0.5, 0.6) is 0 Å². The molecule has 7 heteroatoms. The average molecular weight is 363 g/mol. The number of hydrogen-bond donors (Lipinski definition) is 3. The van der Waals surface area contributed by atoms with Gasteiger partial charge in [0.05, 0.1) is 12.1 Å². The highest BCUT2D eigenvalue weighted by Crippen LogP contribution is 2.31. The van der Waals surface area contributed by atoms with E-state index in [9.17, 15) is 4.79 Å². The second-order valence-corrected chi connectivity index (χ2v) is 6.61. The van der Waals surface area contributed by atoms with E-state index in [2.05, 4.69) is 27.8 Å². The van der Waals surface area contributed by atoms with Crippen LogP contribution in [0, 0.1) is 0 Å². The highest BCUT2D eigenvalue weighted by molar-refractivity contribution is 5.90. The maximum absolute atomic E-state index is 11.1. The summed E-state index contributed by atoms with van der Waals surface area (Å²) in [5.41, 5.74) is 7.11. The molecule has 1 aliphatic rings. The standard InChI is InChI=1S/C20H21N5O2/c26-20(23-27)10-6-14-5-8-16-15(13-14)7-9-17(16)21-11-12-25-19-4-2-1-3-18(19)22-24-25/h1-6,8,10,13,17,21,27H,7,9,11-12H2,(H,23,26)/b10-6+. The van der Waals surface area contributed by atoms with Gasteiger partial charge in [-0.25, -0.2) is 10.2 Å². The van der Waals surface area contributed by atoms with Crippen LogP contribution < -0.4 is 10.8 Å². The first-order valence-electron chi connectivity index (χ1n) is 9.01. The molecule has 1 unspecified atom stereocenters. The van der Waals surface area contributed by atoms with E-state index >= 15 is 0 Å². The molecule has 0 saturated carbocycles. The molecule has 138 valence electrons. The Labute approximate surface area is 156 Å². The zero-order valence-electron chi connectivity index (χ0n) is 14.8. The van der Waals surface area contributed by atoms with Crippen molar-refractivity contribution >= 4 is 23.0 Å². The molecule has 0 bridgehead atoms. The maximum atomic E-state index is 11.1. The molecule has 3 aromatic rings. The molecule has 3 N–H and O–H groups in total. The molecule has 1 aliphatic carbocycles. The van der Waals surface area contributed by atoms with Gasteiger partial charge in [0.25, 0.3) is 5.91 Å². The minimum atomic E-state index is -0.532. The Morgan fingerprint density at radius 1 is 1.30 bits per heavy atom. The van der Waals surface area contributed by atoms with Crippen molar-refractivity contribution in [2.45, 2.75) is 25.4 Å². The molecule has 7 nitrogen and oxygen atoms in total. The molecule has 0 saturated heterocycles. The van der Waals surface area contributed by atoms with Gasteiger partial charge in [-0.15, -0.1) is 5.10 Å². The fourth-order valence-corrected chi connectivity index (χ4v) is 3.59. The summed E-state index contributed by atoms with van der Waals surface area (Å²) in [6.45, 7) is 1.58. The lowest BCUT2D eigenvalue weighted by atomic mass is 10.0. The van der Waals surface area contributed by atoms with E-state index in [4.69, 9.17) is 5.21 Å². The SMILES string of the molecule is O=C(/C=C/c1ccc2c(c1)CCC2NCCn1nnc2ccccc21)NO. The normalized spacial score (nSPS) is 16.1. The quantitative estimate of drug-likeness (QED) is 0.355. The van der Waals surface area contributed by atoms with E-state index in [1.54, 1.807) is 11.6 Å². The molecule has 27 heavy (non-hydrogen) atoms. The molecule has 2 aromatic carbocycles. The summed E-state index contributed by atoms with van der Waals surface area (Å²) in [5, 5.41) is 20.6. The maximum Gasteiger partial charge on any atom is 0.267 e. The molecular weight excluding hydrogens is 342 g/mol. The molecule has 1 aromatic heterocycles. The highest BCUT2D eigenvalue weighted by atomic mass is 16.5. The number of nitrogens with zero attached hydrogens (tertiary/aromatic N) is 3. The summed E-state index contributed by atoms with van der Waals surface area (Å²) in [6.07, 6.45) is 5.07. The number of fused-ring (bicyclic) bond motifs is 2. The topological polar surface area (TPSA) is 92.1 Å². The Bertz CT molecular complexity index is 995. The third-order valence-electron chi connectivity index (χ3n) is 4.92. The molecular formula is C20H21N5O2. The molecule has 1 heterocycles. The number of carbonyl (C=O) groups is 1. The summed E-state index contributed by atoms with van der Waals surface area (Å²) in [5.74, 6) is -0.532. The second-order valence-electron chi connectivity index (χ2n) is 6.61. The van der Waals surface area contributed by atoms with Crippen LogP contribution in [0.3, 0.4) is 0 Å². The lowest BCUT2D eigenvalue weighted by Crippen LogP contribution is -2.24. The van der Waals surface area contributed by atoms with E-state index in [1.165, 1.54) is 17.2 Å². The Balaban J connectivity index is 1.38. The van der Waals surface area contributed by atoms with Crippen LogP contribution in [0.15, 0.2) is 48.5 Å². The lowest BCUT2D eigenvalue weighted by molar-refractivity contribution is -0.124. The van der Waals surface area contributed by atoms with Gasteiger partial charge in [-0.1, -0.05) is 35.5 Å². The summed E-state index contributed by atoms with van der Waals surface area (Å²) < 4.78 is 1.93. The van der Waals surface area contributed by atoms with Crippen LogP contribution in [0.2, 0.25) is 0 Å². The number of benzene rings is 2. The van der Waals surface area contributed by atoms with Crippen molar-refractivity contribution in [1.29, 1.82) is 0 Å². The first-order chi connectivity index (χ1) is 13.2. The number of para-hydroxylation sites is 1. The van der Waals surface area contributed by atoms with E-state index in [0.717, 1.165) is 42.5 Å². The minimum absolute atomic E-state index is 0.327. The van der Waals surface area contributed by atoms with Gasteiger partial charge in [0.1, 0.15) is 5.52 Å². The zero-order chi connectivity index (χ0) is 18.6. The van der Waals surface area contributed by atoms with Crippen molar-refractivity contribution in [2.75, 3.05) is 6.54 Å². The highest BCUT2D eigenvalue weighted by Gasteiger charge is 2.21. The van der Waals surface area contributed by atoms with Crippen LogP contribution in [0.4, 0.5) is 0 Å². The van der Waals surface area contributed by atoms with Crippen LogP contribution in [0.25, 0.3) is 17.1 Å². The second kappa shape index (κ2) is 7.69. The molecule has 0 spiro atoms. The lowest BCUT2D eigenvalue weighted by Gasteiger charge is -2.14. The number of hydrogen-bond acceptors (Lipinski definition) is 5. The van der Waals surface area contributed by atoms with Gasteiger partial charge in [-0.05, 0) is 47.7 Å². The number of carbonyl (C=O) groups excluding carboxylic acids is 1. The molecule has 4 rings (SSSR count). The third kappa shape index (κ3) is 3.74. The van der Waals surface area contributed by atoms with Gasteiger partial charge in [-0.3, -0.25) is 10.0 Å². The number of rotatable bonds is 6. The van der Waals surface area contributed by atoms with Crippen LogP contribution >= 0.6 is 0 Å². The fraction of sp³-hybridized carbons (Fsp3) is 0.250. The van der Waals surface area contributed by atoms with Crippen molar-refractivity contribution < 1.29 is 10.0 Å². The Kier molecular flexibility index (Phi) is 4.95. The number of aryl methyl sites for hydroxylation is 1.